The number of aliphatic imine (C=N–C) groups is 1. The van der Waals surface area contributed by atoms with Crippen LogP contribution in [-0.2, 0) is 0 Å². The number of likely N-dealkylation sites (N-methyl/N-ethyl adjacent to an activating group) is 2. The Morgan fingerprint density at radius 3 is 2.63 bits per heavy atom. The average Bonchev–Trinajstić information content (AvgIpc) is 2.80. The maximum atomic E-state index is 9.16. The first-order chi connectivity index (χ1) is 13.0. The fraction of sp³-hybridized carbons (Fsp3) is 0.500. The van der Waals surface area contributed by atoms with Gasteiger partial charge in [0.25, 0.3) is 0 Å². The van der Waals surface area contributed by atoms with Gasteiger partial charge in [0.15, 0.2) is 0 Å². The topological polar surface area (TPSA) is 45.9 Å². The average molecular weight is 404 g/mol. The Balaban J connectivity index is 1.89. The molecule has 0 aromatic carbocycles. The maximum Gasteiger partial charge on any atom is 0.111 e. The van der Waals surface area contributed by atoms with E-state index in [1.165, 1.54) is 0 Å². The van der Waals surface area contributed by atoms with Crippen molar-refractivity contribution < 1.29 is 0 Å². The number of hydrogen-bond acceptors (Lipinski definition) is 5. The van der Waals surface area contributed by atoms with Gasteiger partial charge >= 0.3 is 0 Å². The van der Waals surface area contributed by atoms with Crippen LogP contribution in [0.2, 0.25) is 0 Å². The number of piperazine rings is 1. The Morgan fingerprint density at radius 2 is 1.93 bits per heavy atom. The SMILES string of the molecule is CN1CCN(C2=C3C(Cl)N(C)C(Cl)C34CC(=CC#N)C=CC4=NC=C2)CC1. The molecule has 0 radical (unpaired) electrons. The number of allylic oxidation sites excluding steroid dienone is 5. The second-order valence-electron chi connectivity index (χ2n) is 7.59. The molecule has 0 bridgehead atoms. The molecular formula is C20H23Cl2N5. The number of nitrogens with zero attached hydrogens (tertiary/aromatic N) is 5. The van der Waals surface area contributed by atoms with Gasteiger partial charge in [0.2, 0.25) is 0 Å². The molecule has 4 rings (SSSR count). The summed E-state index contributed by atoms with van der Waals surface area (Å²) in [5.41, 5.74) is 2.94. The van der Waals surface area contributed by atoms with Gasteiger partial charge in [-0.2, -0.15) is 5.26 Å². The molecule has 5 nitrogen and oxygen atoms in total. The summed E-state index contributed by atoms with van der Waals surface area (Å²) in [4.78, 5) is 11.5. The second-order valence-corrected chi connectivity index (χ2v) is 8.41. The molecule has 3 aliphatic heterocycles. The van der Waals surface area contributed by atoms with Crippen LogP contribution >= 0.6 is 23.2 Å². The van der Waals surface area contributed by atoms with E-state index in [0.29, 0.717) is 6.42 Å². The minimum absolute atomic E-state index is 0.315. The number of halogens is 2. The smallest absolute Gasteiger partial charge is 0.111 e. The Hall–Kier alpha value is -1.58. The lowest BCUT2D eigenvalue weighted by molar-refractivity contribution is 0.187. The highest BCUT2D eigenvalue weighted by molar-refractivity contribution is 6.29. The molecule has 3 unspecified atom stereocenters. The lowest BCUT2D eigenvalue weighted by Gasteiger charge is -2.40. The van der Waals surface area contributed by atoms with E-state index in [4.69, 9.17) is 33.5 Å². The molecule has 27 heavy (non-hydrogen) atoms. The van der Waals surface area contributed by atoms with Crippen molar-refractivity contribution >= 4 is 28.9 Å². The zero-order valence-electron chi connectivity index (χ0n) is 15.6. The molecule has 2 fully saturated rings. The van der Waals surface area contributed by atoms with Crippen molar-refractivity contribution in [1.82, 2.24) is 14.7 Å². The summed E-state index contributed by atoms with van der Waals surface area (Å²) in [5.74, 6) is 0. The van der Waals surface area contributed by atoms with Crippen LogP contribution in [0.1, 0.15) is 6.42 Å². The minimum Gasteiger partial charge on any atom is -0.369 e. The zero-order valence-corrected chi connectivity index (χ0v) is 17.1. The molecule has 1 aliphatic carbocycles. The first kappa shape index (κ1) is 18.8. The summed E-state index contributed by atoms with van der Waals surface area (Å²) in [6.07, 6.45) is 10.1. The fourth-order valence-corrected chi connectivity index (χ4v) is 5.44. The van der Waals surface area contributed by atoms with Gasteiger partial charge in [-0.25, -0.2) is 0 Å². The number of rotatable bonds is 1. The van der Waals surface area contributed by atoms with Gasteiger partial charge in [-0.05, 0) is 38.2 Å². The molecule has 0 N–H and O–H groups in total. The van der Waals surface area contributed by atoms with Crippen molar-refractivity contribution in [3.63, 3.8) is 0 Å². The van der Waals surface area contributed by atoms with Crippen LogP contribution in [-0.4, -0.2) is 71.7 Å². The first-order valence-electron chi connectivity index (χ1n) is 9.19. The lowest BCUT2D eigenvalue weighted by atomic mass is 9.69. The number of likely N-dealkylation sites (tertiary alicyclic amines) is 1. The highest BCUT2D eigenvalue weighted by atomic mass is 35.5. The molecule has 142 valence electrons. The maximum absolute atomic E-state index is 9.16. The summed E-state index contributed by atoms with van der Waals surface area (Å²) < 4.78 is 0. The van der Waals surface area contributed by atoms with Gasteiger partial charge in [0.05, 0.1) is 17.2 Å². The van der Waals surface area contributed by atoms with E-state index in [1.807, 2.05) is 30.3 Å². The summed E-state index contributed by atoms with van der Waals surface area (Å²) >= 11 is 13.9. The van der Waals surface area contributed by atoms with Crippen LogP contribution in [0.3, 0.4) is 0 Å². The van der Waals surface area contributed by atoms with Crippen molar-refractivity contribution in [1.29, 1.82) is 5.26 Å². The van der Waals surface area contributed by atoms with Crippen LogP contribution in [0.5, 0.6) is 0 Å². The molecule has 2 saturated heterocycles. The Morgan fingerprint density at radius 1 is 1.19 bits per heavy atom. The normalized spacial score (nSPS) is 35.7. The van der Waals surface area contributed by atoms with Crippen LogP contribution in [0.15, 0.2) is 52.3 Å². The van der Waals surface area contributed by atoms with Gasteiger partial charge in [0.1, 0.15) is 11.0 Å². The van der Waals surface area contributed by atoms with E-state index in [2.05, 4.69) is 29.0 Å². The number of nitriles is 1. The summed E-state index contributed by atoms with van der Waals surface area (Å²) in [7, 11) is 4.11. The molecule has 4 aliphatic rings. The van der Waals surface area contributed by atoms with Gasteiger partial charge in [-0.15, -0.1) is 23.2 Å². The second kappa shape index (κ2) is 7.10. The lowest BCUT2D eigenvalue weighted by Crippen LogP contribution is -2.46. The number of alkyl halides is 2. The van der Waals surface area contributed by atoms with Crippen molar-refractivity contribution in [2.75, 3.05) is 40.3 Å². The monoisotopic (exact) mass is 403 g/mol. The highest BCUT2D eigenvalue weighted by Gasteiger charge is 2.58. The van der Waals surface area contributed by atoms with E-state index in [0.717, 1.165) is 48.7 Å². The molecule has 3 atom stereocenters. The van der Waals surface area contributed by atoms with E-state index in [1.54, 1.807) is 6.08 Å². The van der Waals surface area contributed by atoms with Crippen molar-refractivity contribution in [3.8, 4) is 6.07 Å². The Kier molecular flexibility index (Phi) is 4.94. The standard InChI is InChI=1S/C20H23Cl2N5/c1-25-9-11-27(12-10-25)15-6-8-24-16-4-3-14(5-7-23)13-20(16)17(15)18(21)26(2)19(20)22/h3-6,8,18-19H,9-13H2,1-2H3. The van der Waals surface area contributed by atoms with Crippen molar-refractivity contribution in [2.24, 2.45) is 10.4 Å². The van der Waals surface area contributed by atoms with Gasteiger partial charge in [-0.1, -0.05) is 6.08 Å². The van der Waals surface area contributed by atoms with Crippen LogP contribution in [0, 0.1) is 16.7 Å². The molecule has 0 amide bonds. The summed E-state index contributed by atoms with van der Waals surface area (Å²) in [6, 6.07) is 2.15. The van der Waals surface area contributed by atoms with Gasteiger partial charge in [-0.3, -0.25) is 9.89 Å². The molecular weight excluding hydrogens is 381 g/mol. The third-order valence-electron chi connectivity index (χ3n) is 6.05. The van der Waals surface area contributed by atoms with Gasteiger partial charge in [0, 0.05) is 49.7 Å². The molecule has 1 spiro atoms. The molecule has 3 heterocycles. The predicted octanol–water partition coefficient (Wildman–Crippen LogP) is 2.93. The van der Waals surface area contributed by atoms with Crippen LogP contribution < -0.4 is 0 Å². The number of hydrogen-bond donors (Lipinski definition) is 0. The summed E-state index contributed by atoms with van der Waals surface area (Å²) in [5, 5.41) is 9.16. The third-order valence-corrected chi connectivity index (χ3v) is 7.26. The quantitative estimate of drug-likeness (QED) is 0.383. The first-order valence-corrected chi connectivity index (χ1v) is 10.1. The zero-order chi connectivity index (χ0) is 19.2. The molecule has 0 aromatic heterocycles. The molecule has 0 saturated carbocycles. The summed E-state index contributed by atoms with van der Waals surface area (Å²) in [6.45, 7) is 3.92. The van der Waals surface area contributed by atoms with E-state index in [9.17, 15) is 0 Å². The largest absolute Gasteiger partial charge is 0.369 e. The minimum atomic E-state index is -0.525. The van der Waals surface area contributed by atoms with Crippen LogP contribution in [0.25, 0.3) is 0 Å². The van der Waals surface area contributed by atoms with Gasteiger partial charge < -0.3 is 9.80 Å². The Bertz CT molecular complexity index is 826. The van der Waals surface area contributed by atoms with Crippen molar-refractivity contribution in [2.45, 2.75) is 17.4 Å². The molecule has 7 heteroatoms. The Labute approximate surface area is 170 Å². The van der Waals surface area contributed by atoms with E-state index < -0.39 is 5.41 Å². The third kappa shape index (κ3) is 2.87. The van der Waals surface area contributed by atoms with Crippen molar-refractivity contribution in [3.05, 3.63) is 47.3 Å². The van der Waals surface area contributed by atoms with E-state index >= 15 is 0 Å². The van der Waals surface area contributed by atoms with E-state index in [-0.39, 0.29) is 11.0 Å². The predicted molar refractivity (Wildman–Crippen MR) is 110 cm³/mol. The fourth-order valence-electron chi connectivity index (χ4n) is 4.54. The van der Waals surface area contributed by atoms with Crippen LogP contribution in [0.4, 0.5) is 0 Å². The highest BCUT2D eigenvalue weighted by Crippen LogP contribution is 2.56. The molecule has 0 aromatic rings.